The summed E-state index contributed by atoms with van der Waals surface area (Å²) in [7, 11) is 0. The van der Waals surface area contributed by atoms with Gasteiger partial charge in [-0.15, -0.1) is 0 Å². The fraction of sp³-hybridized carbons (Fsp3) is 0.200. The van der Waals surface area contributed by atoms with Gasteiger partial charge in [-0.05, 0) is 18.9 Å². The number of carbonyl (C=O) groups is 1. The molecule has 9 heteroatoms. The highest BCUT2D eigenvalue weighted by molar-refractivity contribution is 6.32. The van der Waals surface area contributed by atoms with Crippen molar-refractivity contribution in [2.75, 3.05) is 0 Å². The summed E-state index contributed by atoms with van der Waals surface area (Å²) in [6, 6.07) is 1.64. The number of pyridine rings is 2. The van der Waals surface area contributed by atoms with Crippen LogP contribution in [0.1, 0.15) is 18.9 Å². The Morgan fingerprint density at radius 2 is 2.21 bits per heavy atom. The van der Waals surface area contributed by atoms with Crippen molar-refractivity contribution in [1.29, 1.82) is 0 Å². The quantitative estimate of drug-likeness (QED) is 0.732. The van der Waals surface area contributed by atoms with Gasteiger partial charge in [-0.1, -0.05) is 11.6 Å². The van der Waals surface area contributed by atoms with E-state index in [0.717, 1.165) is 12.8 Å². The molecule has 1 fully saturated rings. The largest absolute Gasteiger partial charge is 0.511 e. The Balaban J connectivity index is 2.01. The summed E-state index contributed by atoms with van der Waals surface area (Å²) >= 11 is 6.26. The maximum Gasteiger partial charge on any atom is 0.511 e. The van der Waals surface area contributed by atoms with Crippen LogP contribution < -0.4 is 10.2 Å². The Morgan fingerprint density at radius 1 is 1.42 bits per heavy atom. The Labute approximate surface area is 139 Å². The topological polar surface area (TPSA) is 99.2 Å². The van der Waals surface area contributed by atoms with Crippen molar-refractivity contribution in [2.45, 2.75) is 18.9 Å². The second-order valence-electron chi connectivity index (χ2n) is 5.46. The molecule has 0 amide bonds. The lowest BCUT2D eigenvalue weighted by atomic mass is 10.2. The molecule has 0 aliphatic heterocycles. The van der Waals surface area contributed by atoms with Crippen LogP contribution in [0, 0.1) is 0 Å². The zero-order chi connectivity index (χ0) is 16.8. The van der Waals surface area contributed by atoms with Gasteiger partial charge >= 0.3 is 6.16 Å². The summed E-state index contributed by atoms with van der Waals surface area (Å²) in [6.45, 7) is 0. The smallest absolute Gasteiger partial charge is 0.449 e. The fourth-order valence-electron chi connectivity index (χ4n) is 2.58. The van der Waals surface area contributed by atoms with Crippen LogP contribution in [0.5, 0.6) is 5.75 Å². The van der Waals surface area contributed by atoms with E-state index < -0.39 is 11.6 Å². The van der Waals surface area contributed by atoms with Crippen molar-refractivity contribution in [1.82, 2.24) is 19.1 Å². The predicted octanol–water partition coefficient (Wildman–Crippen LogP) is 2.63. The van der Waals surface area contributed by atoms with E-state index in [1.54, 1.807) is 27.9 Å². The third kappa shape index (κ3) is 2.41. The molecule has 8 nitrogen and oxygen atoms in total. The second-order valence-corrected chi connectivity index (χ2v) is 5.87. The average molecular weight is 347 g/mol. The second kappa shape index (κ2) is 5.34. The summed E-state index contributed by atoms with van der Waals surface area (Å²) in [5.41, 5.74) is -0.121. The molecule has 3 heterocycles. The summed E-state index contributed by atoms with van der Waals surface area (Å²) in [6.07, 6.45) is 6.56. The van der Waals surface area contributed by atoms with Gasteiger partial charge in [-0.2, -0.15) is 0 Å². The molecule has 1 aliphatic carbocycles. The molecule has 0 saturated heterocycles. The van der Waals surface area contributed by atoms with Crippen LogP contribution in [0.4, 0.5) is 4.79 Å². The summed E-state index contributed by atoms with van der Waals surface area (Å²) in [4.78, 5) is 31.8. The summed E-state index contributed by atoms with van der Waals surface area (Å²) in [5.74, 6) is 0.192. The van der Waals surface area contributed by atoms with E-state index in [2.05, 4.69) is 14.7 Å². The van der Waals surface area contributed by atoms with Gasteiger partial charge in [-0.25, -0.2) is 14.8 Å². The fourth-order valence-corrected chi connectivity index (χ4v) is 2.82. The first-order valence-corrected chi connectivity index (χ1v) is 7.57. The number of ether oxygens (including phenoxy) is 1. The highest BCUT2D eigenvalue weighted by atomic mass is 35.5. The molecule has 0 atom stereocenters. The lowest BCUT2D eigenvalue weighted by Crippen LogP contribution is -2.17. The molecule has 3 aromatic rings. The zero-order valence-electron chi connectivity index (χ0n) is 12.2. The van der Waals surface area contributed by atoms with Crippen LogP contribution in [0.15, 0.2) is 35.8 Å². The number of imidazole rings is 1. The van der Waals surface area contributed by atoms with Gasteiger partial charge < -0.3 is 14.4 Å². The van der Waals surface area contributed by atoms with E-state index in [0.29, 0.717) is 11.5 Å². The standard InChI is InChI=1S/C15H11ClN4O4/c16-10-5-9-12(21)11(24-15(22)23)6-20(8-1-2-8)13(9)18-14(10)19-4-3-17-7-19/h3-8H,1-2H2,(H,22,23). The van der Waals surface area contributed by atoms with Crippen LogP contribution in [0.3, 0.4) is 0 Å². The molecular weight excluding hydrogens is 336 g/mol. The minimum atomic E-state index is -1.54. The summed E-state index contributed by atoms with van der Waals surface area (Å²) in [5, 5.41) is 9.28. The van der Waals surface area contributed by atoms with E-state index in [1.165, 1.54) is 12.3 Å². The number of hydrogen-bond acceptors (Lipinski definition) is 5. The maximum atomic E-state index is 12.5. The van der Waals surface area contributed by atoms with Gasteiger partial charge in [0.1, 0.15) is 12.0 Å². The van der Waals surface area contributed by atoms with Gasteiger partial charge in [0.05, 0.1) is 16.6 Å². The van der Waals surface area contributed by atoms with E-state index in [9.17, 15) is 9.59 Å². The monoisotopic (exact) mass is 346 g/mol. The van der Waals surface area contributed by atoms with Gasteiger partial charge in [-0.3, -0.25) is 9.36 Å². The molecule has 0 spiro atoms. The number of rotatable bonds is 3. The van der Waals surface area contributed by atoms with Crippen LogP contribution in [0.25, 0.3) is 16.9 Å². The third-order valence-corrected chi connectivity index (χ3v) is 4.07. The normalized spacial score (nSPS) is 14.0. The van der Waals surface area contributed by atoms with E-state index in [-0.39, 0.29) is 22.2 Å². The van der Waals surface area contributed by atoms with Gasteiger partial charge in [0.15, 0.2) is 11.6 Å². The SMILES string of the molecule is O=C(O)Oc1cn(C2CC2)c2nc(-n3ccnc3)c(Cl)cc2c1=O. The molecular formula is C15H11ClN4O4. The molecule has 1 N–H and O–H groups in total. The van der Waals surface area contributed by atoms with E-state index in [1.807, 2.05) is 0 Å². The number of nitrogens with zero attached hydrogens (tertiary/aromatic N) is 4. The number of aromatic nitrogens is 4. The number of carboxylic acid groups (broad SMARTS) is 1. The molecule has 24 heavy (non-hydrogen) atoms. The third-order valence-electron chi connectivity index (χ3n) is 3.79. The molecule has 122 valence electrons. The van der Waals surface area contributed by atoms with Gasteiger partial charge in [0.25, 0.3) is 0 Å². The van der Waals surface area contributed by atoms with Crippen LogP contribution in [-0.4, -0.2) is 30.4 Å². The van der Waals surface area contributed by atoms with E-state index >= 15 is 0 Å². The average Bonchev–Trinajstić information content (AvgIpc) is 3.24. The molecule has 3 aromatic heterocycles. The first-order chi connectivity index (χ1) is 11.5. The molecule has 0 unspecified atom stereocenters. The van der Waals surface area contributed by atoms with Crippen molar-refractivity contribution < 1.29 is 14.6 Å². The van der Waals surface area contributed by atoms with Crippen molar-refractivity contribution in [3.63, 3.8) is 0 Å². The molecule has 1 aliphatic rings. The van der Waals surface area contributed by atoms with Crippen molar-refractivity contribution >= 4 is 28.8 Å². The Bertz CT molecular complexity index is 1010. The van der Waals surface area contributed by atoms with Crippen molar-refractivity contribution in [3.05, 3.63) is 46.2 Å². The Hall–Kier alpha value is -2.87. The highest BCUT2D eigenvalue weighted by Gasteiger charge is 2.27. The Morgan fingerprint density at radius 3 is 2.83 bits per heavy atom. The molecule has 0 aromatic carbocycles. The molecule has 1 saturated carbocycles. The molecule has 0 bridgehead atoms. The zero-order valence-corrected chi connectivity index (χ0v) is 13.0. The van der Waals surface area contributed by atoms with Gasteiger partial charge in [0.2, 0.25) is 5.43 Å². The minimum Gasteiger partial charge on any atom is -0.449 e. The summed E-state index contributed by atoms with van der Waals surface area (Å²) < 4.78 is 8.02. The number of halogens is 1. The minimum absolute atomic E-state index is 0.161. The lowest BCUT2D eigenvalue weighted by Gasteiger charge is -2.13. The first-order valence-electron chi connectivity index (χ1n) is 7.19. The van der Waals surface area contributed by atoms with Crippen LogP contribution >= 0.6 is 11.6 Å². The molecule has 0 radical (unpaired) electrons. The highest BCUT2D eigenvalue weighted by Crippen LogP contribution is 2.38. The number of hydrogen-bond donors (Lipinski definition) is 1. The van der Waals surface area contributed by atoms with E-state index in [4.69, 9.17) is 16.7 Å². The van der Waals surface area contributed by atoms with Gasteiger partial charge in [0, 0.05) is 18.4 Å². The first kappa shape index (κ1) is 14.7. The molecule has 4 rings (SSSR count). The number of fused-ring (bicyclic) bond motifs is 1. The van der Waals surface area contributed by atoms with Crippen LogP contribution in [-0.2, 0) is 0 Å². The van der Waals surface area contributed by atoms with Crippen LogP contribution in [0.2, 0.25) is 5.02 Å². The lowest BCUT2D eigenvalue weighted by molar-refractivity contribution is 0.143. The maximum absolute atomic E-state index is 12.5. The Kier molecular flexibility index (Phi) is 3.27. The van der Waals surface area contributed by atoms with Crippen molar-refractivity contribution in [2.24, 2.45) is 0 Å². The van der Waals surface area contributed by atoms with Crippen molar-refractivity contribution in [3.8, 4) is 11.6 Å². The predicted molar refractivity (Wildman–Crippen MR) is 85.1 cm³/mol.